The fourth-order valence-corrected chi connectivity index (χ4v) is 3.38. The number of halogens is 1. The third-order valence-electron chi connectivity index (χ3n) is 3.94. The summed E-state index contributed by atoms with van der Waals surface area (Å²) >= 11 is 3.61. The number of rotatable bonds is 3. The second kappa shape index (κ2) is 6.07. The molecule has 2 nitrogen and oxygen atoms in total. The van der Waals surface area contributed by atoms with E-state index in [0.717, 1.165) is 16.9 Å². The van der Waals surface area contributed by atoms with Gasteiger partial charge in [-0.2, -0.15) is 0 Å². The molecule has 2 unspecified atom stereocenters. The van der Waals surface area contributed by atoms with Crippen LogP contribution in [0.2, 0.25) is 0 Å². The molecule has 2 atom stereocenters. The number of hydrogen-bond acceptors (Lipinski definition) is 2. The van der Waals surface area contributed by atoms with Crippen LogP contribution in [0.25, 0.3) is 0 Å². The molecule has 0 bridgehead atoms. The van der Waals surface area contributed by atoms with E-state index in [1.54, 1.807) is 0 Å². The summed E-state index contributed by atoms with van der Waals surface area (Å²) in [6, 6.07) is 7.31. The van der Waals surface area contributed by atoms with Gasteiger partial charge >= 0.3 is 0 Å². The first kappa shape index (κ1) is 15.8. The zero-order chi connectivity index (χ0) is 14.9. The van der Waals surface area contributed by atoms with E-state index < -0.39 is 0 Å². The van der Waals surface area contributed by atoms with Crippen LogP contribution in [0.5, 0.6) is 0 Å². The predicted octanol–water partition coefficient (Wildman–Crippen LogP) is 4.57. The smallest absolute Gasteiger partial charge is 0.0415 e. The Bertz CT molecular complexity index is 465. The summed E-state index contributed by atoms with van der Waals surface area (Å²) in [6.45, 7) is 13.4. The van der Waals surface area contributed by atoms with E-state index in [-0.39, 0.29) is 5.54 Å². The van der Waals surface area contributed by atoms with Crippen LogP contribution in [-0.4, -0.2) is 18.1 Å². The lowest BCUT2D eigenvalue weighted by Crippen LogP contribution is -2.36. The largest absolute Gasteiger partial charge is 0.368 e. The summed E-state index contributed by atoms with van der Waals surface area (Å²) in [6.07, 6.45) is 1.29. The zero-order valence-corrected chi connectivity index (χ0v) is 14.9. The van der Waals surface area contributed by atoms with Crippen LogP contribution in [0.1, 0.15) is 46.6 Å². The van der Waals surface area contributed by atoms with Gasteiger partial charge in [0.2, 0.25) is 0 Å². The SMILES string of the molecule is CC1CC(C)N(c2ccc(Br)cc2CNC(C)(C)C)C1. The van der Waals surface area contributed by atoms with Crippen molar-refractivity contribution in [2.24, 2.45) is 5.92 Å². The number of benzene rings is 1. The third kappa shape index (κ3) is 3.98. The highest BCUT2D eigenvalue weighted by Gasteiger charge is 2.27. The molecule has 1 fully saturated rings. The van der Waals surface area contributed by atoms with Crippen molar-refractivity contribution in [3.63, 3.8) is 0 Å². The molecular formula is C17H27BrN2. The molecule has 1 aromatic carbocycles. The Morgan fingerprint density at radius 2 is 2.00 bits per heavy atom. The van der Waals surface area contributed by atoms with Crippen LogP contribution in [0.15, 0.2) is 22.7 Å². The number of anilines is 1. The highest BCUT2D eigenvalue weighted by Crippen LogP contribution is 2.33. The van der Waals surface area contributed by atoms with Gasteiger partial charge in [-0.25, -0.2) is 0 Å². The lowest BCUT2D eigenvalue weighted by atomic mass is 10.1. The molecule has 0 amide bonds. The van der Waals surface area contributed by atoms with Gasteiger partial charge in [0.1, 0.15) is 0 Å². The Morgan fingerprint density at radius 3 is 2.55 bits per heavy atom. The van der Waals surface area contributed by atoms with E-state index in [2.05, 4.69) is 79.0 Å². The summed E-state index contributed by atoms with van der Waals surface area (Å²) in [5.41, 5.74) is 2.92. The van der Waals surface area contributed by atoms with Crippen LogP contribution in [0.3, 0.4) is 0 Å². The highest BCUT2D eigenvalue weighted by molar-refractivity contribution is 9.10. The molecule has 20 heavy (non-hydrogen) atoms. The molecule has 0 radical (unpaired) electrons. The molecule has 1 aliphatic rings. The maximum atomic E-state index is 3.61. The minimum Gasteiger partial charge on any atom is -0.368 e. The van der Waals surface area contributed by atoms with Gasteiger partial charge in [0, 0.05) is 34.8 Å². The standard InChI is InChI=1S/C17H27BrN2/c1-12-8-13(2)20(11-12)16-7-6-15(18)9-14(16)10-19-17(3,4)5/h6-7,9,12-13,19H,8,10-11H2,1-5H3. The minimum atomic E-state index is 0.142. The van der Waals surface area contributed by atoms with Crippen molar-refractivity contribution in [2.45, 2.75) is 59.2 Å². The Labute approximate surface area is 132 Å². The number of hydrogen-bond donors (Lipinski definition) is 1. The highest BCUT2D eigenvalue weighted by atomic mass is 79.9. The van der Waals surface area contributed by atoms with Crippen LogP contribution >= 0.6 is 15.9 Å². The Hall–Kier alpha value is -0.540. The quantitative estimate of drug-likeness (QED) is 0.868. The van der Waals surface area contributed by atoms with Gasteiger partial charge in [-0.1, -0.05) is 22.9 Å². The van der Waals surface area contributed by atoms with Gasteiger partial charge in [0.25, 0.3) is 0 Å². The Morgan fingerprint density at radius 1 is 1.30 bits per heavy atom. The molecule has 0 aromatic heterocycles. The fourth-order valence-electron chi connectivity index (χ4n) is 2.97. The minimum absolute atomic E-state index is 0.142. The van der Waals surface area contributed by atoms with Crippen LogP contribution in [-0.2, 0) is 6.54 Å². The molecule has 1 N–H and O–H groups in total. The van der Waals surface area contributed by atoms with E-state index in [4.69, 9.17) is 0 Å². The van der Waals surface area contributed by atoms with Crippen LogP contribution in [0, 0.1) is 5.92 Å². The van der Waals surface area contributed by atoms with E-state index in [1.165, 1.54) is 24.2 Å². The van der Waals surface area contributed by atoms with Crippen molar-refractivity contribution in [3.05, 3.63) is 28.2 Å². The van der Waals surface area contributed by atoms with Gasteiger partial charge in [0.15, 0.2) is 0 Å². The molecule has 1 saturated heterocycles. The summed E-state index contributed by atoms with van der Waals surface area (Å²) in [5.74, 6) is 0.789. The van der Waals surface area contributed by atoms with Gasteiger partial charge in [-0.05, 0) is 63.8 Å². The summed E-state index contributed by atoms with van der Waals surface area (Å²) < 4.78 is 1.16. The molecule has 3 heteroatoms. The molecular weight excluding hydrogens is 312 g/mol. The Kier molecular flexibility index (Phi) is 4.80. The lowest BCUT2D eigenvalue weighted by molar-refractivity contribution is 0.424. The topological polar surface area (TPSA) is 15.3 Å². The normalized spacial score (nSPS) is 23.4. The lowest BCUT2D eigenvalue weighted by Gasteiger charge is -2.28. The van der Waals surface area contributed by atoms with Crippen molar-refractivity contribution in [1.29, 1.82) is 0 Å². The summed E-state index contributed by atoms with van der Waals surface area (Å²) in [7, 11) is 0. The van der Waals surface area contributed by atoms with Gasteiger partial charge in [-0.3, -0.25) is 0 Å². The maximum Gasteiger partial charge on any atom is 0.0415 e. The summed E-state index contributed by atoms with van der Waals surface area (Å²) in [5, 5.41) is 3.61. The Balaban J connectivity index is 2.24. The van der Waals surface area contributed by atoms with Crippen molar-refractivity contribution < 1.29 is 0 Å². The second-order valence-corrected chi connectivity index (χ2v) is 8.13. The zero-order valence-electron chi connectivity index (χ0n) is 13.3. The van der Waals surface area contributed by atoms with E-state index in [0.29, 0.717) is 6.04 Å². The number of nitrogens with zero attached hydrogens (tertiary/aromatic N) is 1. The molecule has 0 saturated carbocycles. The molecule has 1 aromatic rings. The maximum absolute atomic E-state index is 3.61. The average molecular weight is 339 g/mol. The molecule has 0 spiro atoms. The molecule has 2 rings (SSSR count). The van der Waals surface area contributed by atoms with Gasteiger partial charge < -0.3 is 10.2 Å². The van der Waals surface area contributed by atoms with Crippen molar-refractivity contribution in [1.82, 2.24) is 5.32 Å². The van der Waals surface area contributed by atoms with Gasteiger partial charge in [-0.15, -0.1) is 0 Å². The third-order valence-corrected chi connectivity index (χ3v) is 4.44. The first-order valence-corrected chi connectivity index (χ1v) is 8.35. The molecule has 1 aliphatic heterocycles. The molecule has 1 heterocycles. The monoisotopic (exact) mass is 338 g/mol. The average Bonchev–Trinajstić information content (AvgIpc) is 2.65. The van der Waals surface area contributed by atoms with E-state index >= 15 is 0 Å². The van der Waals surface area contributed by atoms with E-state index in [1.807, 2.05) is 0 Å². The second-order valence-electron chi connectivity index (χ2n) is 7.22. The number of nitrogens with one attached hydrogen (secondary N) is 1. The fraction of sp³-hybridized carbons (Fsp3) is 0.647. The van der Waals surface area contributed by atoms with Crippen molar-refractivity contribution >= 4 is 21.6 Å². The predicted molar refractivity (Wildman–Crippen MR) is 91.3 cm³/mol. The van der Waals surface area contributed by atoms with E-state index in [9.17, 15) is 0 Å². The first-order valence-electron chi connectivity index (χ1n) is 7.56. The van der Waals surface area contributed by atoms with Crippen LogP contribution in [0.4, 0.5) is 5.69 Å². The summed E-state index contributed by atoms with van der Waals surface area (Å²) in [4.78, 5) is 2.57. The van der Waals surface area contributed by atoms with Gasteiger partial charge in [0.05, 0.1) is 0 Å². The molecule has 112 valence electrons. The van der Waals surface area contributed by atoms with Crippen molar-refractivity contribution in [3.8, 4) is 0 Å². The van der Waals surface area contributed by atoms with Crippen LogP contribution < -0.4 is 10.2 Å². The first-order chi connectivity index (χ1) is 9.26. The molecule has 0 aliphatic carbocycles. The van der Waals surface area contributed by atoms with Crippen molar-refractivity contribution in [2.75, 3.05) is 11.4 Å².